The molecule has 0 bridgehead atoms. The molecule has 10 heteroatoms. The summed E-state index contributed by atoms with van der Waals surface area (Å²) in [7, 11) is -1.69. The first-order valence-corrected chi connectivity index (χ1v) is 11.6. The standard InChI is InChI=1S/C20H29N5O4S/c1-16(2)29-19-6-4-17(5-7-19)14-22-20(21-3)24-9-11-25(12-10-24)30(26,27)15-18-8-13-28-23-18/h4-8,13,16H,9-12,14-15H2,1-3H3,(H,21,22). The second-order valence-electron chi connectivity index (χ2n) is 7.34. The number of aliphatic imine (C=N–C) groups is 1. The molecule has 1 aromatic heterocycles. The Labute approximate surface area is 177 Å². The topological polar surface area (TPSA) is 100 Å². The van der Waals surface area contributed by atoms with Crippen molar-refractivity contribution in [1.82, 2.24) is 19.7 Å². The van der Waals surface area contributed by atoms with Crippen molar-refractivity contribution in [2.75, 3.05) is 33.2 Å². The van der Waals surface area contributed by atoms with Crippen molar-refractivity contribution in [3.63, 3.8) is 0 Å². The van der Waals surface area contributed by atoms with Gasteiger partial charge in [-0.2, -0.15) is 4.31 Å². The molecule has 0 aliphatic carbocycles. The number of aromatic nitrogens is 1. The smallest absolute Gasteiger partial charge is 0.220 e. The molecule has 2 heterocycles. The minimum Gasteiger partial charge on any atom is -0.491 e. The summed E-state index contributed by atoms with van der Waals surface area (Å²) in [4.78, 5) is 6.42. The van der Waals surface area contributed by atoms with Crippen LogP contribution >= 0.6 is 0 Å². The van der Waals surface area contributed by atoms with Crippen LogP contribution in [0, 0.1) is 0 Å². The van der Waals surface area contributed by atoms with Gasteiger partial charge in [-0.1, -0.05) is 17.3 Å². The fourth-order valence-electron chi connectivity index (χ4n) is 3.24. The Morgan fingerprint density at radius 2 is 1.90 bits per heavy atom. The molecule has 9 nitrogen and oxygen atoms in total. The summed E-state index contributed by atoms with van der Waals surface area (Å²) in [6.45, 7) is 6.57. The third-order valence-corrected chi connectivity index (χ3v) is 6.52. The number of ether oxygens (including phenoxy) is 1. The molecule has 0 saturated carbocycles. The zero-order valence-electron chi connectivity index (χ0n) is 17.6. The molecule has 1 saturated heterocycles. The van der Waals surface area contributed by atoms with E-state index in [-0.39, 0.29) is 11.9 Å². The van der Waals surface area contributed by atoms with Crippen molar-refractivity contribution in [3.8, 4) is 5.75 Å². The molecule has 0 amide bonds. The minimum atomic E-state index is -3.42. The molecule has 30 heavy (non-hydrogen) atoms. The van der Waals surface area contributed by atoms with Gasteiger partial charge in [0.25, 0.3) is 0 Å². The van der Waals surface area contributed by atoms with Gasteiger partial charge < -0.3 is 19.5 Å². The first-order valence-electron chi connectivity index (χ1n) is 9.95. The van der Waals surface area contributed by atoms with Crippen molar-refractivity contribution >= 4 is 16.0 Å². The van der Waals surface area contributed by atoms with Crippen LogP contribution in [0.25, 0.3) is 0 Å². The second-order valence-corrected chi connectivity index (χ2v) is 9.31. The van der Waals surface area contributed by atoms with Gasteiger partial charge in [-0.05, 0) is 31.5 Å². The van der Waals surface area contributed by atoms with Crippen LogP contribution in [-0.4, -0.2) is 68.1 Å². The van der Waals surface area contributed by atoms with Crippen LogP contribution in [0.2, 0.25) is 0 Å². The third-order valence-electron chi connectivity index (χ3n) is 4.71. The van der Waals surface area contributed by atoms with Crippen molar-refractivity contribution in [1.29, 1.82) is 0 Å². The van der Waals surface area contributed by atoms with E-state index >= 15 is 0 Å². The molecule has 164 valence electrons. The lowest BCUT2D eigenvalue weighted by molar-refractivity contribution is 0.242. The maximum Gasteiger partial charge on any atom is 0.220 e. The number of guanidine groups is 1. The van der Waals surface area contributed by atoms with Crippen LogP contribution in [0.3, 0.4) is 0 Å². The number of piperazine rings is 1. The minimum absolute atomic E-state index is 0.145. The Kier molecular flexibility index (Phi) is 7.33. The number of benzene rings is 1. The van der Waals surface area contributed by atoms with E-state index in [0.29, 0.717) is 38.4 Å². The van der Waals surface area contributed by atoms with Gasteiger partial charge in [-0.3, -0.25) is 4.99 Å². The fraction of sp³-hybridized carbons (Fsp3) is 0.500. The molecule has 3 rings (SSSR count). The summed E-state index contributed by atoms with van der Waals surface area (Å²) >= 11 is 0. The highest BCUT2D eigenvalue weighted by Gasteiger charge is 2.28. The van der Waals surface area contributed by atoms with Crippen LogP contribution in [-0.2, 0) is 22.3 Å². The van der Waals surface area contributed by atoms with E-state index in [2.05, 4.69) is 20.4 Å². The summed E-state index contributed by atoms with van der Waals surface area (Å²) in [6, 6.07) is 9.52. The van der Waals surface area contributed by atoms with E-state index in [0.717, 1.165) is 17.3 Å². The molecule has 1 N–H and O–H groups in total. The van der Waals surface area contributed by atoms with Gasteiger partial charge in [0, 0.05) is 45.8 Å². The molecule has 1 aromatic carbocycles. The van der Waals surface area contributed by atoms with E-state index < -0.39 is 10.0 Å². The van der Waals surface area contributed by atoms with Gasteiger partial charge in [0.15, 0.2) is 5.96 Å². The highest BCUT2D eigenvalue weighted by molar-refractivity contribution is 7.88. The average molecular weight is 436 g/mol. The summed E-state index contributed by atoms with van der Waals surface area (Å²) in [5.74, 6) is 1.46. The van der Waals surface area contributed by atoms with E-state index in [9.17, 15) is 8.42 Å². The maximum atomic E-state index is 12.6. The quantitative estimate of drug-likeness (QED) is 0.522. The number of hydrogen-bond donors (Lipinski definition) is 1. The predicted octanol–water partition coefficient (Wildman–Crippen LogP) is 1.68. The second kappa shape index (κ2) is 9.94. The number of nitrogens with zero attached hydrogens (tertiary/aromatic N) is 4. The van der Waals surface area contributed by atoms with E-state index in [1.807, 2.05) is 38.1 Å². The maximum absolute atomic E-state index is 12.6. The van der Waals surface area contributed by atoms with Crippen LogP contribution in [0.1, 0.15) is 25.1 Å². The molecule has 1 fully saturated rings. The highest BCUT2D eigenvalue weighted by atomic mass is 32.2. The zero-order chi connectivity index (χ0) is 21.6. The predicted molar refractivity (Wildman–Crippen MR) is 115 cm³/mol. The molecular weight excluding hydrogens is 406 g/mol. The normalized spacial score (nSPS) is 16.1. The fourth-order valence-corrected chi connectivity index (χ4v) is 4.66. The number of hydrogen-bond acceptors (Lipinski definition) is 6. The van der Waals surface area contributed by atoms with Crippen molar-refractivity contribution in [3.05, 3.63) is 47.9 Å². The van der Waals surface area contributed by atoms with Crippen molar-refractivity contribution in [2.45, 2.75) is 32.2 Å². The van der Waals surface area contributed by atoms with Gasteiger partial charge in [0.2, 0.25) is 10.0 Å². The largest absolute Gasteiger partial charge is 0.491 e. The Morgan fingerprint density at radius 3 is 2.47 bits per heavy atom. The van der Waals surface area contributed by atoms with Gasteiger partial charge in [-0.25, -0.2) is 8.42 Å². The van der Waals surface area contributed by atoms with Crippen molar-refractivity contribution < 1.29 is 17.7 Å². The molecule has 0 unspecified atom stereocenters. The number of rotatable bonds is 7. The third kappa shape index (κ3) is 5.96. The highest BCUT2D eigenvalue weighted by Crippen LogP contribution is 2.15. The molecular formula is C20H29N5O4S. The van der Waals surface area contributed by atoms with Gasteiger partial charge in [-0.15, -0.1) is 0 Å². The molecule has 1 aliphatic heterocycles. The van der Waals surface area contributed by atoms with Gasteiger partial charge >= 0.3 is 0 Å². The molecule has 2 aromatic rings. The van der Waals surface area contributed by atoms with Gasteiger partial charge in [0.05, 0.1) is 11.8 Å². The van der Waals surface area contributed by atoms with E-state index in [1.165, 1.54) is 10.6 Å². The molecule has 0 atom stereocenters. The lowest BCUT2D eigenvalue weighted by Gasteiger charge is -2.35. The summed E-state index contributed by atoms with van der Waals surface area (Å²) < 4.78 is 37.0. The molecule has 1 aliphatic rings. The molecule has 0 spiro atoms. The lowest BCUT2D eigenvalue weighted by Crippen LogP contribution is -2.53. The Morgan fingerprint density at radius 1 is 1.20 bits per heavy atom. The van der Waals surface area contributed by atoms with Crippen LogP contribution in [0.4, 0.5) is 0 Å². The van der Waals surface area contributed by atoms with Crippen LogP contribution in [0.5, 0.6) is 5.75 Å². The Hall–Kier alpha value is -2.59. The first kappa shape index (κ1) is 22.1. The molecule has 0 radical (unpaired) electrons. The number of sulfonamides is 1. The Balaban J connectivity index is 1.50. The zero-order valence-corrected chi connectivity index (χ0v) is 18.4. The summed E-state index contributed by atoms with van der Waals surface area (Å²) in [5, 5.41) is 7.05. The van der Waals surface area contributed by atoms with E-state index in [4.69, 9.17) is 9.26 Å². The monoisotopic (exact) mass is 435 g/mol. The average Bonchev–Trinajstić information content (AvgIpc) is 3.22. The van der Waals surface area contributed by atoms with E-state index in [1.54, 1.807) is 13.1 Å². The van der Waals surface area contributed by atoms with Crippen LogP contribution in [0.15, 0.2) is 46.1 Å². The van der Waals surface area contributed by atoms with Crippen molar-refractivity contribution in [2.24, 2.45) is 4.99 Å². The summed E-state index contributed by atoms with van der Waals surface area (Å²) in [5.41, 5.74) is 1.53. The number of nitrogens with one attached hydrogen (secondary N) is 1. The SMILES string of the molecule is CN=C(NCc1ccc(OC(C)C)cc1)N1CCN(S(=O)(=O)Cc2ccon2)CC1. The summed E-state index contributed by atoms with van der Waals surface area (Å²) in [6.07, 6.45) is 1.52. The van der Waals surface area contributed by atoms with Gasteiger partial charge in [0.1, 0.15) is 17.8 Å². The first-order chi connectivity index (χ1) is 14.4. The Bertz CT molecular complexity index is 919. The van der Waals surface area contributed by atoms with Crippen LogP contribution < -0.4 is 10.1 Å². The lowest BCUT2D eigenvalue weighted by atomic mass is 10.2.